The lowest BCUT2D eigenvalue weighted by atomic mass is 10.1. The molecule has 0 aliphatic heterocycles. The molecule has 0 unspecified atom stereocenters. The molecule has 0 aliphatic carbocycles. The van der Waals surface area contributed by atoms with E-state index in [0.717, 1.165) is 15.7 Å². The minimum Gasteiger partial charge on any atom is -0.322 e. The monoisotopic (exact) mass is 469 g/mol. The molecule has 1 N–H and O–H groups in total. The van der Waals surface area contributed by atoms with Crippen LogP contribution in [0.2, 0.25) is 0 Å². The van der Waals surface area contributed by atoms with Crippen LogP contribution in [0.25, 0.3) is 0 Å². The second-order valence-corrected chi connectivity index (χ2v) is 6.31. The van der Waals surface area contributed by atoms with E-state index in [0.29, 0.717) is 5.69 Å². The number of hydrogen-bond donors (Lipinski definition) is 1. The molecule has 2 nitrogen and oxygen atoms in total. The molecule has 0 saturated heterocycles. The number of amides is 1. The lowest BCUT2D eigenvalue weighted by Crippen LogP contribution is -2.18. The first-order chi connectivity index (χ1) is 9.77. The summed E-state index contributed by atoms with van der Waals surface area (Å²) in [6.07, 6.45) is -4.60. The van der Waals surface area contributed by atoms with Crippen molar-refractivity contribution in [2.75, 3.05) is 5.32 Å². The molecule has 0 atom stereocenters. The molecule has 7 heteroatoms. The van der Waals surface area contributed by atoms with Crippen molar-refractivity contribution < 1.29 is 18.0 Å². The fraction of sp³-hybridized carbons (Fsp3) is 0.0714. The second-order valence-electron chi connectivity index (χ2n) is 4.15. The fourth-order valence-corrected chi connectivity index (χ4v) is 2.62. The van der Waals surface area contributed by atoms with Gasteiger partial charge in [-0.05, 0) is 59.0 Å². The molecule has 0 aliphatic rings. The van der Waals surface area contributed by atoms with Crippen molar-refractivity contribution in [3.63, 3.8) is 0 Å². The Labute approximate surface area is 141 Å². The molecule has 1 amide bonds. The van der Waals surface area contributed by atoms with E-state index in [-0.39, 0.29) is 4.47 Å². The van der Waals surface area contributed by atoms with Crippen molar-refractivity contribution in [2.24, 2.45) is 0 Å². The van der Waals surface area contributed by atoms with Crippen LogP contribution in [-0.2, 0) is 6.18 Å². The smallest absolute Gasteiger partial charge is 0.322 e. The van der Waals surface area contributed by atoms with Gasteiger partial charge in [-0.3, -0.25) is 4.79 Å². The molecular formula is C14H8BrF3INO. The maximum absolute atomic E-state index is 13.0. The summed E-state index contributed by atoms with van der Waals surface area (Å²) in [7, 11) is 0. The average molecular weight is 470 g/mol. The SMILES string of the molecule is O=C(Nc1cccc(I)c1)c1ccc(Br)cc1C(F)(F)F. The number of carbonyl (C=O) groups is 1. The largest absolute Gasteiger partial charge is 0.417 e. The predicted octanol–water partition coefficient (Wildman–Crippen LogP) is 5.32. The molecule has 2 rings (SSSR count). The van der Waals surface area contributed by atoms with Gasteiger partial charge >= 0.3 is 6.18 Å². The highest BCUT2D eigenvalue weighted by Gasteiger charge is 2.35. The molecule has 2 aromatic rings. The fourth-order valence-electron chi connectivity index (χ4n) is 1.71. The molecule has 0 radical (unpaired) electrons. The van der Waals surface area contributed by atoms with Gasteiger partial charge < -0.3 is 5.32 Å². The normalized spacial score (nSPS) is 11.3. The van der Waals surface area contributed by atoms with E-state index in [1.54, 1.807) is 18.2 Å². The zero-order valence-electron chi connectivity index (χ0n) is 10.3. The maximum Gasteiger partial charge on any atom is 0.417 e. The Bertz CT molecular complexity index is 688. The van der Waals surface area contributed by atoms with Crippen LogP contribution in [0.4, 0.5) is 18.9 Å². The first kappa shape index (κ1) is 16.3. The zero-order chi connectivity index (χ0) is 15.6. The van der Waals surface area contributed by atoms with Gasteiger partial charge in [0, 0.05) is 13.7 Å². The van der Waals surface area contributed by atoms with Gasteiger partial charge in [-0.1, -0.05) is 22.0 Å². The van der Waals surface area contributed by atoms with Crippen LogP contribution in [0.15, 0.2) is 46.9 Å². The molecule has 21 heavy (non-hydrogen) atoms. The predicted molar refractivity (Wildman–Crippen MR) is 86.3 cm³/mol. The lowest BCUT2D eigenvalue weighted by Gasteiger charge is -2.13. The summed E-state index contributed by atoms with van der Waals surface area (Å²) in [4.78, 5) is 12.1. The Balaban J connectivity index is 2.35. The van der Waals surface area contributed by atoms with Crippen LogP contribution in [0, 0.1) is 3.57 Å². The van der Waals surface area contributed by atoms with Crippen LogP contribution in [0.3, 0.4) is 0 Å². The first-order valence-corrected chi connectivity index (χ1v) is 7.58. The van der Waals surface area contributed by atoms with Gasteiger partial charge in [0.1, 0.15) is 0 Å². The molecule has 2 aromatic carbocycles. The quantitative estimate of drug-likeness (QED) is 0.592. The number of hydrogen-bond acceptors (Lipinski definition) is 1. The number of halogens is 5. The molecular weight excluding hydrogens is 462 g/mol. The van der Waals surface area contributed by atoms with E-state index in [4.69, 9.17) is 0 Å². The van der Waals surface area contributed by atoms with Crippen molar-refractivity contribution in [1.82, 2.24) is 0 Å². The van der Waals surface area contributed by atoms with Gasteiger partial charge in [0.25, 0.3) is 5.91 Å². The van der Waals surface area contributed by atoms with Gasteiger partial charge in [0.15, 0.2) is 0 Å². The van der Waals surface area contributed by atoms with E-state index in [1.807, 2.05) is 6.07 Å². The van der Waals surface area contributed by atoms with E-state index >= 15 is 0 Å². The van der Waals surface area contributed by atoms with Gasteiger partial charge in [0.2, 0.25) is 0 Å². The molecule has 0 heterocycles. The standard InChI is InChI=1S/C14H8BrF3INO/c15-8-4-5-11(12(6-8)14(16,17)18)13(21)20-10-3-1-2-9(19)7-10/h1-7H,(H,20,21). The Morgan fingerprint density at radius 3 is 2.48 bits per heavy atom. The minimum atomic E-state index is -4.60. The Morgan fingerprint density at radius 1 is 1.14 bits per heavy atom. The maximum atomic E-state index is 13.0. The topological polar surface area (TPSA) is 29.1 Å². The number of anilines is 1. The molecule has 110 valence electrons. The number of benzene rings is 2. The zero-order valence-corrected chi connectivity index (χ0v) is 14.1. The van der Waals surface area contributed by atoms with Gasteiger partial charge in [-0.25, -0.2) is 0 Å². The van der Waals surface area contributed by atoms with Crippen LogP contribution < -0.4 is 5.32 Å². The van der Waals surface area contributed by atoms with E-state index in [2.05, 4.69) is 43.8 Å². The molecule has 0 fully saturated rings. The molecule has 0 bridgehead atoms. The second kappa shape index (κ2) is 6.35. The van der Waals surface area contributed by atoms with Crippen LogP contribution >= 0.6 is 38.5 Å². The van der Waals surface area contributed by atoms with Crippen LogP contribution in [-0.4, -0.2) is 5.91 Å². The average Bonchev–Trinajstić information content (AvgIpc) is 2.37. The molecule has 0 aromatic heterocycles. The summed E-state index contributed by atoms with van der Waals surface area (Å²) in [5, 5.41) is 2.47. The number of alkyl halides is 3. The third kappa shape index (κ3) is 4.19. The minimum absolute atomic E-state index is 0.264. The summed E-state index contributed by atoms with van der Waals surface area (Å²) in [6, 6.07) is 10.3. The summed E-state index contributed by atoms with van der Waals surface area (Å²) in [6.45, 7) is 0. The third-order valence-corrected chi connectivity index (χ3v) is 3.78. The van der Waals surface area contributed by atoms with Crippen molar-refractivity contribution in [2.45, 2.75) is 6.18 Å². The Hall–Kier alpha value is -1.09. The van der Waals surface area contributed by atoms with Crippen LogP contribution in [0.5, 0.6) is 0 Å². The Kier molecular flexibility index (Phi) is 4.92. The van der Waals surface area contributed by atoms with Crippen molar-refractivity contribution in [3.05, 3.63) is 61.6 Å². The van der Waals surface area contributed by atoms with Gasteiger partial charge in [0.05, 0.1) is 11.1 Å². The highest BCUT2D eigenvalue weighted by Crippen LogP contribution is 2.34. The van der Waals surface area contributed by atoms with E-state index in [1.165, 1.54) is 6.07 Å². The highest BCUT2D eigenvalue weighted by atomic mass is 127. The number of carbonyl (C=O) groups excluding carboxylic acids is 1. The van der Waals surface area contributed by atoms with Crippen molar-refractivity contribution in [1.29, 1.82) is 0 Å². The van der Waals surface area contributed by atoms with Gasteiger partial charge in [-0.15, -0.1) is 0 Å². The Morgan fingerprint density at radius 2 is 1.86 bits per heavy atom. The summed E-state index contributed by atoms with van der Waals surface area (Å²) in [5.41, 5.74) is -0.937. The van der Waals surface area contributed by atoms with E-state index < -0.39 is 23.2 Å². The van der Waals surface area contributed by atoms with Crippen molar-refractivity contribution in [3.8, 4) is 0 Å². The first-order valence-electron chi connectivity index (χ1n) is 5.71. The van der Waals surface area contributed by atoms with Gasteiger partial charge in [-0.2, -0.15) is 13.2 Å². The number of nitrogens with one attached hydrogen (secondary N) is 1. The van der Waals surface area contributed by atoms with E-state index in [9.17, 15) is 18.0 Å². The highest BCUT2D eigenvalue weighted by molar-refractivity contribution is 14.1. The molecule has 0 saturated carbocycles. The lowest BCUT2D eigenvalue weighted by molar-refractivity contribution is -0.137. The number of rotatable bonds is 2. The summed E-state index contributed by atoms with van der Waals surface area (Å²) in [5.74, 6) is -0.795. The summed E-state index contributed by atoms with van der Waals surface area (Å²) < 4.78 is 40.1. The molecule has 0 spiro atoms. The summed E-state index contributed by atoms with van der Waals surface area (Å²) >= 11 is 5.03. The van der Waals surface area contributed by atoms with Crippen LogP contribution in [0.1, 0.15) is 15.9 Å². The van der Waals surface area contributed by atoms with Crippen molar-refractivity contribution >= 4 is 50.1 Å². The third-order valence-electron chi connectivity index (χ3n) is 2.61.